The Morgan fingerprint density at radius 1 is 1.50 bits per heavy atom. The van der Waals surface area contributed by atoms with Crippen LogP contribution in [0.1, 0.15) is 20.3 Å². The van der Waals surface area contributed by atoms with Crippen LogP contribution < -0.4 is 0 Å². The Labute approximate surface area is 72.7 Å². The summed E-state index contributed by atoms with van der Waals surface area (Å²) in [4.78, 5) is 12.7. The molecule has 1 aliphatic rings. The SMILES string of the molecule is CC(C)(CC(=O)O)N1CC=CC1. The molecule has 3 heteroatoms. The summed E-state index contributed by atoms with van der Waals surface area (Å²) >= 11 is 0. The lowest BCUT2D eigenvalue weighted by atomic mass is 9.99. The number of hydrogen-bond acceptors (Lipinski definition) is 2. The molecule has 0 fully saturated rings. The van der Waals surface area contributed by atoms with Gasteiger partial charge < -0.3 is 5.11 Å². The van der Waals surface area contributed by atoms with Gasteiger partial charge in [-0.1, -0.05) is 12.2 Å². The maximum absolute atomic E-state index is 10.5. The predicted molar refractivity (Wildman–Crippen MR) is 47.0 cm³/mol. The quantitative estimate of drug-likeness (QED) is 0.643. The number of aliphatic carboxylic acids is 1. The van der Waals surface area contributed by atoms with Crippen LogP contribution in [-0.2, 0) is 4.79 Å². The minimum absolute atomic E-state index is 0.203. The van der Waals surface area contributed by atoms with Gasteiger partial charge in [0.15, 0.2) is 0 Å². The van der Waals surface area contributed by atoms with Gasteiger partial charge in [-0.25, -0.2) is 0 Å². The molecule has 68 valence electrons. The van der Waals surface area contributed by atoms with E-state index in [1.165, 1.54) is 0 Å². The number of carbonyl (C=O) groups is 1. The summed E-state index contributed by atoms with van der Waals surface area (Å²) in [5.74, 6) is -0.730. The molecule has 3 nitrogen and oxygen atoms in total. The van der Waals surface area contributed by atoms with Gasteiger partial charge in [-0.05, 0) is 13.8 Å². The van der Waals surface area contributed by atoms with E-state index in [1.807, 2.05) is 13.8 Å². The first-order valence-electron chi connectivity index (χ1n) is 4.14. The second-order valence-electron chi connectivity index (χ2n) is 3.76. The molecule has 0 unspecified atom stereocenters. The highest BCUT2D eigenvalue weighted by atomic mass is 16.4. The molecule has 0 saturated carbocycles. The fraction of sp³-hybridized carbons (Fsp3) is 0.667. The van der Waals surface area contributed by atoms with Gasteiger partial charge in [0.05, 0.1) is 6.42 Å². The number of hydrogen-bond donors (Lipinski definition) is 1. The van der Waals surface area contributed by atoms with E-state index < -0.39 is 5.97 Å². The molecule has 0 amide bonds. The van der Waals surface area contributed by atoms with Crippen molar-refractivity contribution in [2.24, 2.45) is 0 Å². The second-order valence-corrected chi connectivity index (χ2v) is 3.76. The summed E-state index contributed by atoms with van der Waals surface area (Å²) in [5, 5.41) is 8.66. The summed E-state index contributed by atoms with van der Waals surface area (Å²) < 4.78 is 0. The van der Waals surface area contributed by atoms with Gasteiger partial charge in [-0.15, -0.1) is 0 Å². The van der Waals surface area contributed by atoms with E-state index in [2.05, 4.69) is 17.1 Å². The topological polar surface area (TPSA) is 40.5 Å². The zero-order chi connectivity index (χ0) is 9.19. The molecule has 0 aliphatic carbocycles. The fourth-order valence-electron chi connectivity index (χ4n) is 1.45. The molecule has 0 radical (unpaired) electrons. The molecule has 0 bridgehead atoms. The van der Waals surface area contributed by atoms with Crippen LogP contribution in [0.2, 0.25) is 0 Å². The van der Waals surface area contributed by atoms with Crippen molar-refractivity contribution >= 4 is 5.97 Å². The average molecular weight is 169 g/mol. The maximum Gasteiger partial charge on any atom is 0.305 e. The minimum atomic E-state index is -0.730. The summed E-state index contributed by atoms with van der Waals surface area (Å²) in [6.07, 6.45) is 4.35. The molecule has 1 N–H and O–H groups in total. The summed E-state index contributed by atoms with van der Waals surface area (Å²) in [5.41, 5.74) is -0.227. The monoisotopic (exact) mass is 169 g/mol. The van der Waals surface area contributed by atoms with Gasteiger partial charge in [0.2, 0.25) is 0 Å². The number of carboxylic acids is 1. The lowest BCUT2D eigenvalue weighted by Gasteiger charge is -2.33. The third-order valence-electron chi connectivity index (χ3n) is 2.26. The Balaban J connectivity index is 2.52. The van der Waals surface area contributed by atoms with Crippen LogP contribution >= 0.6 is 0 Å². The molecular weight excluding hydrogens is 154 g/mol. The van der Waals surface area contributed by atoms with Crippen LogP contribution in [0.3, 0.4) is 0 Å². The highest BCUT2D eigenvalue weighted by Gasteiger charge is 2.29. The van der Waals surface area contributed by atoms with Gasteiger partial charge in [0.1, 0.15) is 0 Å². The van der Waals surface area contributed by atoms with Crippen molar-refractivity contribution in [1.82, 2.24) is 4.90 Å². The molecule has 0 aromatic heterocycles. The molecule has 0 aromatic carbocycles. The first-order chi connectivity index (χ1) is 5.52. The second kappa shape index (κ2) is 3.27. The van der Waals surface area contributed by atoms with Crippen molar-refractivity contribution in [3.63, 3.8) is 0 Å². The molecule has 0 saturated heterocycles. The average Bonchev–Trinajstić information content (AvgIpc) is 2.32. The Kier molecular flexibility index (Phi) is 2.52. The van der Waals surface area contributed by atoms with E-state index in [9.17, 15) is 4.79 Å². The minimum Gasteiger partial charge on any atom is -0.481 e. The van der Waals surface area contributed by atoms with Crippen molar-refractivity contribution in [3.8, 4) is 0 Å². The molecular formula is C9H15NO2. The van der Waals surface area contributed by atoms with E-state index >= 15 is 0 Å². The standard InChI is InChI=1S/C9H15NO2/c1-9(2,7-8(11)12)10-5-3-4-6-10/h3-4H,5-7H2,1-2H3,(H,11,12). The third kappa shape index (κ3) is 2.08. The van der Waals surface area contributed by atoms with Gasteiger partial charge >= 0.3 is 5.97 Å². The third-order valence-corrected chi connectivity index (χ3v) is 2.26. The van der Waals surface area contributed by atoms with Crippen molar-refractivity contribution in [2.75, 3.05) is 13.1 Å². The first kappa shape index (κ1) is 9.26. The van der Waals surface area contributed by atoms with E-state index in [0.717, 1.165) is 13.1 Å². The molecule has 1 aliphatic heterocycles. The fourth-order valence-corrected chi connectivity index (χ4v) is 1.45. The molecule has 0 atom stereocenters. The summed E-state index contributed by atoms with van der Waals surface area (Å²) in [6.45, 7) is 5.68. The van der Waals surface area contributed by atoms with Crippen molar-refractivity contribution in [1.29, 1.82) is 0 Å². The molecule has 0 aromatic rings. The zero-order valence-electron chi connectivity index (χ0n) is 7.58. The van der Waals surface area contributed by atoms with Crippen LogP contribution in [0.25, 0.3) is 0 Å². The maximum atomic E-state index is 10.5. The van der Waals surface area contributed by atoms with Crippen molar-refractivity contribution < 1.29 is 9.90 Å². The number of rotatable bonds is 3. The normalized spacial score (nSPS) is 18.5. The van der Waals surface area contributed by atoms with E-state index in [4.69, 9.17) is 5.11 Å². The molecule has 1 heterocycles. The van der Waals surface area contributed by atoms with Gasteiger partial charge in [0.25, 0.3) is 0 Å². The van der Waals surface area contributed by atoms with Crippen LogP contribution in [0.15, 0.2) is 12.2 Å². The number of nitrogens with zero attached hydrogens (tertiary/aromatic N) is 1. The molecule has 0 spiro atoms. The van der Waals surface area contributed by atoms with Crippen LogP contribution in [0.4, 0.5) is 0 Å². The van der Waals surface area contributed by atoms with E-state index in [1.54, 1.807) is 0 Å². The number of carboxylic acid groups (broad SMARTS) is 1. The largest absolute Gasteiger partial charge is 0.481 e. The molecule has 1 rings (SSSR count). The lowest BCUT2D eigenvalue weighted by Crippen LogP contribution is -2.43. The van der Waals surface area contributed by atoms with Crippen LogP contribution in [-0.4, -0.2) is 34.6 Å². The zero-order valence-corrected chi connectivity index (χ0v) is 7.58. The Hall–Kier alpha value is -0.830. The van der Waals surface area contributed by atoms with Crippen LogP contribution in [0.5, 0.6) is 0 Å². The highest BCUT2D eigenvalue weighted by molar-refractivity contribution is 5.68. The Morgan fingerprint density at radius 2 is 2.00 bits per heavy atom. The van der Waals surface area contributed by atoms with Gasteiger partial charge in [-0.3, -0.25) is 9.69 Å². The lowest BCUT2D eigenvalue weighted by molar-refractivity contribution is -0.139. The molecule has 12 heavy (non-hydrogen) atoms. The predicted octanol–water partition coefficient (Wildman–Crippen LogP) is 1.11. The van der Waals surface area contributed by atoms with Gasteiger partial charge in [-0.2, -0.15) is 0 Å². The van der Waals surface area contributed by atoms with Crippen LogP contribution in [0, 0.1) is 0 Å². The van der Waals surface area contributed by atoms with E-state index in [-0.39, 0.29) is 12.0 Å². The highest BCUT2D eigenvalue weighted by Crippen LogP contribution is 2.20. The first-order valence-corrected chi connectivity index (χ1v) is 4.14. The summed E-state index contributed by atoms with van der Waals surface area (Å²) in [6, 6.07) is 0. The Bertz CT molecular complexity index is 201. The van der Waals surface area contributed by atoms with Crippen molar-refractivity contribution in [2.45, 2.75) is 25.8 Å². The smallest absolute Gasteiger partial charge is 0.305 e. The van der Waals surface area contributed by atoms with Gasteiger partial charge in [0, 0.05) is 18.6 Å². The van der Waals surface area contributed by atoms with E-state index in [0.29, 0.717) is 0 Å². The van der Waals surface area contributed by atoms with Crippen molar-refractivity contribution in [3.05, 3.63) is 12.2 Å². The Morgan fingerprint density at radius 3 is 2.42 bits per heavy atom. The summed E-state index contributed by atoms with van der Waals surface area (Å²) in [7, 11) is 0.